The van der Waals surface area contributed by atoms with Crippen LogP contribution in [0.15, 0.2) is 30.4 Å². The van der Waals surface area contributed by atoms with E-state index in [1.54, 1.807) is 0 Å². The third-order valence-corrected chi connectivity index (χ3v) is 2.23. The van der Waals surface area contributed by atoms with Crippen molar-refractivity contribution in [3.8, 4) is 5.75 Å². The Bertz CT molecular complexity index is 342. The van der Waals surface area contributed by atoms with Gasteiger partial charge in [-0.3, -0.25) is 0 Å². The van der Waals surface area contributed by atoms with E-state index >= 15 is 0 Å². The molecule has 0 aromatic heterocycles. The average molecular weight is 205 g/mol. The number of hydrogen-bond acceptors (Lipinski definition) is 2. The van der Waals surface area contributed by atoms with Crippen LogP contribution in [0, 0.1) is 6.92 Å². The summed E-state index contributed by atoms with van der Waals surface area (Å²) in [6.45, 7) is 6.59. The van der Waals surface area contributed by atoms with Crippen molar-refractivity contribution in [2.75, 3.05) is 6.61 Å². The smallest absolute Gasteiger partial charge is 0.124 e. The van der Waals surface area contributed by atoms with Gasteiger partial charge in [-0.2, -0.15) is 0 Å². The van der Waals surface area contributed by atoms with E-state index in [2.05, 4.69) is 6.07 Å². The van der Waals surface area contributed by atoms with Crippen LogP contribution < -0.4 is 10.5 Å². The van der Waals surface area contributed by atoms with E-state index in [-0.39, 0.29) is 6.04 Å². The molecule has 0 radical (unpaired) electrons. The lowest BCUT2D eigenvalue weighted by Crippen LogP contribution is -2.08. The van der Waals surface area contributed by atoms with Gasteiger partial charge in [-0.25, -0.2) is 0 Å². The van der Waals surface area contributed by atoms with Gasteiger partial charge < -0.3 is 10.5 Å². The third kappa shape index (κ3) is 3.40. The number of allylic oxidation sites excluding steroid dienone is 1. The Labute approximate surface area is 91.7 Å². The Balaban J connectivity index is 2.86. The van der Waals surface area contributed by atoms with Gasteiger partial charge in [0.15, 0.2) is 0 Å². The second-order valence-electron chi connectivity index (χ2n) is 3.71. The molecule has 1 aromatic carbocycles. The molecule has 2 nitrogen and oxygen atoms in total. The lowest BCUT2D eigenvalue weighted by atomic mass is 10.1. The van der Waals surface area contributed by atoms with Gasteiger partial charge >= 0.3 is 0 Å². The van der Waals surface area contributed by atoms with Crippen molar-refractivity contribution in [1.29, 1.82) is 0 Å². The standard InChI is InChI=1S/C13H19NO/c1-4-5-8-15-13-9-10(2)6-7-12(13)11(3)14/h4-7,9,11H,8,14H2,1-3H3/t11-/m1/s1. The van der Waals surface area contributed by atoms with Crippen LogP contribution in [0.3, 0.4) is 0 Å². The van der Waals surface area contributed by atoms with Crippen molar-refractivity contribution in [2.45, 2.75) is 26.8 Å². The Morgan fingerprint density at radius 2 is 2.20 bits per heavy atom. The number of ether oxygens (including phenoxy) is 1. The molecule has 82 valence electrons. The van der Waals surface area contributed by atoms with Gasteiger partial charge in [0.2, 0.25) is 0 Å². The zero-order chi connectivity index (χ0) is 11.3. The Hall–Kier alpha value is -1.28. The van der Waals surface area contributed by atoms with Crippen molar-refractivity contribution in [2.24, 2.45) is 5.73 Å². The topological polar surface area (TPSA) is 35.2 Å². The molecule has 1 atom stereocenters. The predicted molar refractivity (Wildman–Crippen MR) is 64.1 cm³/mol. The molecule has 2 N–H and O–H groups in total. The molecule has 0 aliphatic heterocycles. The number of nitrogens with two attached hydrogens (primary N) is 1. The van der Waals surface area contributed by atoms with Crippen molar-refractivity contribution in [1.82, 2.24) is 0 Å². The highest BCUT2D eigenvalue weighted by Crippen LogP contribution is 2.24. The van der Waals surface area contributed by atoms with Crippen LogP contribution in [0.1, 0.15) is 31.0 Å². The second-order valence-corrected chi connectivity index (χ2v) is 3.71. The summed E-state index contributed by atoms with van der Waals surface area (Å²) in [5, 5.41) is 0. The van der Waals surface area contributed by atoms with E-state index in [9.17, 15) is 0 Å². The van der Waals surface area contributed by atoms with Crippen LogP contribution >= 0.6 is 0 Å². The zero-order valence-corrected chi connectivity index (χ0v) is 9.66. The van der Waals surface area contributed by atoms with Crippen molar-refractivity contribution in [3.05, 3.63) is 41.5 Å². The third-order valence-electron chi connectivity index (χ3n) is 2.23. The van der Waals surface area contributed by atoms with Crippen molar-refractivity contribution < 1.29 is 4.74 Å². The van der Waals surface area contributed by atoms with E-state index in [4.69, 9.17) is 10.5 Å². The molecule has 0 unspecified atom stereocenters. The average Bonchev–Trinajstić information content (AvgIpc) is 2.18. The molecule has 15 heavy (non-hydrogen) atoms. The first-order valence-corrected chi connectivity index (χ1v) is 5.25. The molecule has 0 spiro atoms. The number of hydrogen-bond donors (Lipinski definition) is 1. The van der Waals surface area contributed by atoms with E-state index < -0.39 is 0 Å². The molecule has 0 saturated heterocycles. The monoisotopic (exact) mass is 205 g/mol. The van der Waals surface area contributed by atoms with Crippen LogP contribution in [0.2, 0.25) is 0 Å². The fraction of sp³-hybridized carbons (Fsp3) is 0.385. The first-order chi connectivity index (χ1) is 7.15. The molecular formula is C13H19NO. The lowest BCUT2D eigenvalue weighted by Gasteiger charge is -2.13. The minimum absolute atomic E-state index is 0.00575. The van der Waals surface area contributed by atoms with Gasteiger partial charge in [0.1, 0.15) is 12.4 Å². The van der Waals surface area contributed by atoms with Gasteiger partial charge in [-0.05, 0) is 32.4 Å². The van der Waals surface area contributed by atoms with E-state index in [0.717, 1.165) is 11.3 Å². The van der Waals surface area contributed by atoms with Gasteiger partial charge in [0.25, 0.3) is 0 Å². The molecule has 1 rings (SSSR count). The number of rotatable bonds is 4. The number of aryl methyl sites for hydroxylation is 1. The maximum absolute atomic E-state index is 5.87. The molecule has 0 amide bonds. The summed E-state index contributed by atoms with van der Waals surface area (Å²) < 4.78 is 5.65. The highest BCUT2D eigenvalue weighted by atomic mass is 16.5. The Morgan fingerprint density at radius 3 is 2.80 bits per heavy atom. The maximum atomic E-state index is 5.87. The van der Waals surface area contributed by atoms with Gasteiger partial charge in [-0.15, -0.1) is 0 Å². The molecule has 1 aromatic rings. The molecule has 0 aliphatic rings. The van der Waals surface area contributed by atoms with Crippen LogP contribution in [-0.2, 0) is 0 Å². The summed E-state index contributed by atoms with van der Waals surface area (Å²) >= 11 is 0. The van der Waals surface area contributed by atoms with Gasteiger partial charge in [-0.1, -0.05) is 24.3 Å². The molecule has 0 bridgehead atoms. The molecule has 0 heterocycles. The first-order valence-electron chi connectivity index (χ1n) is 5.25. The van der Waals surface area contributed by atoms with Crippen molar-refractivity contribution in [3.63, 3.8) is 0 Å². The molecule has 2 heteroatoms. The van der Waals surface area contributed by atoms with Gasteiger partial charge in [0, 0.05) is 11.6 Å². The largest absolute Gasteiger partial charge is 0.489 e. The summed E-state index contributed by atoms with van der Waals surface area (Å²) in [6.07, 6.45) is 3.95. The highest BCUT2D eigenvalue weighted by Gasteiger charge is 2.07. The highest BCUT2D eigenvalue weighted by molar-refractivity contribution is 5.39. The molecule has 0 saturated carbocycles. The molecule has 0 fully saturated rings. The fourth-order valence-corrected chi connectivity index (χ4v) is 1.38. The van der Waals surface area contributed by atoms with Crippen molar-refractivity contribution >= 4 is 0 Å². The van der Waals surface area contributed by atoms with Crippen LogP contribution in [0.5, 0.6) is 5.75 Å². The normalized spacial score (nSPS) is 13.1. The Kier molecular flexibility index (Phi) is 4.37. The van der Waals surface area contributed by atoms with E-state index in [0.29, 0.717) is 6.61 Å². The SMILES string of the molecule is CC=CCOc1cc(C)ccc1[C@@H](C)N. The second kappa shape index (κ2) is 5.56. The summed E-state index contributed by atoms with van der Waals surface area (Å²) in [5.74, 6) is 0.892. The summed E-state index contributed by atoms with van der Waals surface area (Å²) in [4.78, 5) is 0. The maximum Gasteiger partial charge on any atom is 0.124 e. The molecular weight excluding hydrogens is 186 g/mol. The van der Waals surface area contributed by atoms with Gasteiger partial charge in [0.05, 0.1) is 0 Å². The van der Waals surface area contributed by atoms with E-state index in [1.165, 1.54) is 5.56 Å². The first kappa shape index (κ1) is 11.8. The number of benzene rings is 1. The van der Waals surface area contributed by atoms with Crippen LogP contribution in [0.25, 0.3) is 0 Å². The minimum atomic E-state index is 0.00575. The summed E-state index contributed by atoms with van der Waals surface area (Å²) in [7, 11) is 0. The summed E-state index contributed by atoms with van der Waals surface area (Å²) in [5.41, 5.74) is 8.12. The van der Waals surface area contributed by atoms with Crippen LogP contribution in [0.4, 0.5) is 0 Å². The predicted octanol–water partition coefficient (Wildman–Crippen LogP) is 2.97. The van der Waals surface area contributed by atoms with E-state index in [1.807, 2.05) is 45.1 Å². The fourth-order valence-electron chi connectivity index (χ4n) is 1.38. The Morgan fingerprint density at radius 1 is 1.47 bits per heavy atom. The minimum Gasteiger partial charge on any atom is -0.489 e. The quantitative estimate of drug-likeness (QED) is 0.767. The molecule has 0 aliphatic carbocycles. The van der Waals surface area contributed by atoms with Crippen LogP contribution in [-0.4, -0.2) is 6.61 Å². The summed E-state index contributed by atoms with van der Waals surface area (Å²) in [6, 6.07) is 6.13. The zero-order valence-electron chi connectivity index (χ0n) is 9.66. The lowest BCUT2D eigenvalue weighted by molar-refractivity contribution is 0.356.